The number of imidazole rings is 1. The van der Waals surface area contributed by atoms with Crippen LogP contribution in [0.4, 0.5) is 4.39 Å². The monoisotopic (exact) mass is 319 g/mol. The second kappa shape index (κ2) is 6.37. The van der Waals surface area contributed by atoms with Crippen LogP contribution in [0.2, 0.25) is 0 Å². The van der Waals surface area contributed by atoms with Gasteiger partial charge in [-0.3, -0.25) is 4.79 Å². The topological polar surface area (TPSA) is 65.4 Å². The lowest BCUT2D eigenvalue weighted by Gasteiger charge is -2.19. The van der Waals surface area contributed by atoms with Gasteiger partial charge in [-0.2, -0.15) is 0 Å². The highest BCUT2D eigenvalue weighted by Gasteiger charge is 2.33. The van der Waals surface area contributed by atoms with Crippen LogP contribution in [0.15, 0.2) is 30.6 Å². The molecule has 1 aliphatic rings. The molecule has 1 saturated heterocycles. The molecule has 0 saturated carbocycles. The molecule has 1 aromatic heterocycles. The maximum absolute atomic E-state index is 13.7. The van der Waals surface area contributed by atoms with Gasteiger partial charge in [0.1, 0.15) is 11.9 Å². The molecule has 7 heteroatoms. The summed E-state index contributed by atoms with van der Waals surface area (Å²) in [7, 11) is 3.26. The molecule has 6 nitrogen and oxygen atoms in total. The van der Waals surface area contributed by atoms with E-state index in [2.05, 4.69) is 10.3 Å². The Morgan fingerprint density at radius 2 is 2.35 bits per heavy atom. The Bertz CT molecular complexity index is 716. The zero-order chi connectivity index (χ0) is 16.4. The number of aromatic nitrogens is 2. The number of carbonyl (C=O) groups is 1. The second-order valence-electron chi connectivity index (χ2n) is 5.41. The summed E-state index contributed by atoms with van der Waals surface area (Å²) >= 11 is 0. The predicted molar refractivity (Wildman–Crippen MR) is 80.7 cm³/mol. The van der Waals surface area contributed by atoms with Crippen LogP contribution in [-0.2, 0) is 11.8 Å². The fraction of sp³-hybridized carbons (Fsp3) is 0.375. The number of ether oxygens (including phenoxy) is 2. The lowest BCUT2D eigenvalue weighted by molar-refractivity contribution is 0.0779. The molecule has 0 unspecified atom stereocenters. The van der Waals surface area contributed by atoms with E-state index in [-0.39, 0.29) is 29.4 Å². The third kappa shape index (κ3) is 3.05. The first-order chi connectivity index (χ1) is 11.1. The van der Waals surface area contributed by atoms with Crippen molar-refractivity contribution in [2.45, 2.75) is 18.6 Å². The Kier molecular flexibility index (Phi) is 4.29. The van der Waals surface area contributed by atoms with E-state index >= 15 is 0 Å². The summed E-state index contributed by atoms with van der Waals surface area (Å²) in [4.78, 5) is 16.6. The number of halogens is 1. The maximum Gasteiger partial charge on any atom is 0.251 e. The van der Waals surface area contributed by atoms with Gasteiger partial charge in [-0.15, -0.1) is 0 Å². The van der Waals surface area contributed by atoms with Gasteiger partial charge in [0, 0.05) is 31.6 Å². The van der Waals surface area contributed by atoms with E-state index in [0.29, 0.717) is 13.0 Å². The molecule has 1 aromatic carbocycles. The number of hydrogen-bond acceptors (Lipinski definition) is 4. The van der Waals surface area contributed by atoms with Gasteiger partial charge in [-0.1, -0.05) is 0 Å². The minimum atomic E-state index is -0.566. The summed E-state index contributed by atoms with van der Waals surface area (Å²) < 4.78 is 26.1. The molecule has 0 aliphatic carbocycles. The molecule has 1 aliphatic heterocycles. The average molecular weight is 319 g/mol. The number of rotatable bonds is 4. The smallest absolute Gasteiger partial charge is 0.251 e. The van der Waals surface area contributed by atoms with Crippen molar-refractivity contribution in [2.24, 2.45) is 7.05 Å². The first-order valence-electron chi connectivity index (χ1n) is 7.33. The van der Waals surface area contributed by atoms with E-state index in [1.54, 1.807) is 6.20 Å². The summed E-state index contributed by atoms with van der Waals surface area (Å²) in [5.74, 6) is -0.0462. The molecular weight excluding hydrogens is 301 g/mol. The Morgan fingerprint density at radius 3 is 3.00 bits per heavy atom. The maximum atomic E-state index is 13.7. The Hall–Kier alpha value is -2.41. The molecule has 3 rings (SSSR count). The number of aryl methyl sites for hydroxylation is 1. The van der Waals surface area contributed by atoms with Gasteiger partial charge in [-0.25, -0.2) is 9.37 Å². The Morgan fingerprint density at radius 1 is 1.52 bits per heavy atom. The number of hydrogen-bond donors (Lipinski definition) is 1. The first-order valence-corrected chi connectivity index (χ1v) is 7.33. The van der Waals surface area contributed by atoms with Gasteiger partial charge in [0.2, 0.25) is 0 Å². The van der Waals surface area contributed by atoms with Crippen molar-refractivity contribution >= 4 is 5.91 Å². The van der Waals surface area contributed by atoms with Crippen LogP contribution in [0.5, 0.6) is 5.75 Å². The third-order valence-corrected chi connectivity index (χ3v) is 3.94. The highest BCUT2D eigenvalue weighted by atomic mass is 19.1. The van der Waals surface area contributed by atoms with Gasteiger partial charge in [0.05, 0.1) is 13.2 Å². The summed E-state index contributed by atoms with van der Waals surface area (Å²) in [5, 5.41) is 2.90. The largest absolute Gasteiger partial charge is 0.494 e. The molecule has 0 radical (unpaired) electrons. The van der Waals surface area contributed by atoms with Crippen LogP contribution >= 0.6 is 0 Å². The molecule has 1 amide bonds. The molecule has 2 atom stereocenters. The molecule has 23 heavy (non-hydrogen) atoms. The Labute approximate surface area is 133 Å². The zero-order valence-corrected chi connectivity index (χ0v) is 13.0. The number of nitrogens with zero attached hydrogens (tertiary/aromatic N) is 2. The van der Waals surface area contributed by atoms with E-state index < -0.39 is 5.82 Å². The van der Waals surface area contributed by atoms with Crippen molar-refractivity contribution < 1.29 is 18.7 Å². The van der Waals surface area contributed by atoms with Gasteiger partial charge >= 0.3 is 0 Å². The minimum Gasteiger partial charge on any atom is -0.494 e. The lowest BCUT2D eigenvalue weighted by atomic mass is 10.1. The van der Waals surface area contributed by atoms with E-state index in [0.717, 1.165) is 5.82 Å². The number of benzene rings is 1. The van der Waals surface area contributed by atoms with Crippen LogP contribution in [0.1, 0.15) is 28.7 Å². The quantitative estimate of drug-likeness (QED) is 0.934. The number of methoxy groups -OCH3 is 1. The van der Waals surface area contributed by atoms with E-state index in [4.69, 9.17) is 9.47 Å². The highest BCUT2D eigenvalue weighted by molar-refractivity contribution is 5.94. The van der Waals surface area contributed by atoms with Crippen molar-refractivity contribution in [3.8, 4) is 5.75 Å². The standard InChI is InChI=1S/C16H18FN3O3/c1-20-7-6-18-15(20)14-12(5-8-23-14)19-16(21)10-3-4-13(22-2)11(17)9-10/h3-4,6-7,9,12,14H,5,8H2,1-2H3,(H,19,21)/t12-,14-/m0/s1. The van der Waals surface area contributed by atoms with E-state index in [9.17, 15) is 9.18 Å². The normalized spacial score (nSPS) is 20.5. The summed E-state index contributed by atoms with van der Waals surface area (Å²) in [6.07, 6.45) is 3.90. The van der Waals surface area contributed by atoms with Crippen LogP contribution in [0, 0.1) is 5.82 Å². The molecule has 1 N–H and O–H groups in total. The number of carbonyl (C=O) groups excluding carboxylic acids is 1. The fourth-order valence-corrected chi connectivity index (χ4v) is 2.70. The molecular formula is C16H18FN3O3. The predicted octanol–water partition coefficient (Wildman–Crippen LogP) is 1.83. The van der Waals surface area contributed by atoms with Gasteiger partial charge < -0.3 is 19.4 Å². The van der Waals surface area contributed by atoms with Crippen LogP contribution in [0.25, 0.3) is 0 Å². The van der Waals surface area contributed by atoms with E-state index in [1.807, 2.05) is 17.8 Å². The Balaban J connectivity index is 1.74. The molecule has 0 spiro atoms. The minimum absolute atomic E-state index is 0.108. The van der Waals surface area contributed by atoms with Gasteiger partial charge in [0.15, 0.2) is 11.6 Å². The molecule has 122 valence electrons. The van der Waals surface area contributed by atoms with Gasteiger partial charge in [-0.05, 0) is 24.6 Å². The fourth-order valence-electron chi connectivity index (χ4n) is 2.70. The lowest BCUT2D eigenvalue weighted by Crippen LogP contribution is -2.37. The molecule has 1 fully saturated rings. The van der Waals surface area contributed by atoms with Crippen molar-refractivity contribution in [3.05, 3.63) is 47.8 Å². The van der Waals surface area contributed by atoms with Crippen molar-refractivity contribution in [2.75, 3.05) is 13.7 Å². The van der Waals surface area contributed by atoms with Gasteiger partial charge in [0.25, 0.3) is 5.91 Å². The van der Waals surface area contributed by atoms with Crippen LogP contribution < -0.4 is 10.1 Å². The van der Waals surface area contributed by atoms with Crippen LogP contribution in [0.3, 0.4) is 0 Å². The second-order valence-corrected chi connectivity index (χ2v) is 5.41. The summed E-state index contributed by atoms with van der Waals surface area (Å²) in [5.41, 5.74) is 0.244. The molecule has 0 bridgehead atoms. The summed E-state index contributed by atoms with van der Waals surface area (Å²) in [6.45, 7) is 0.541. The van der Waals surface area contributed by atoms with Crippen molar-refractivity contribution in [1.29, 1.82) is 0 Å². The first kappa shape index (κ1) is 15.5. The molecule has 2 aromatic rings. The SMILES string of the molecule is COc1ccc(C(=O)N[C@H]2CCO[C@@H]2c2nccn2C)cc1F. The average Bonchev–Trinajstić information content (AvgIpc) is 3.15. The van der Waals surface area contributed by atoms with E-state index in [1.165, 1.54) is 25.3 Å². The van der Waals surface area contributed by atoms with Crippen molar-refractivity contribution in [1.82, 2.24) is 14.9 Å². The highest BCUT2D eigenvalue weighted by Crippen LogP contribution is 2.28. The summed E-state index contributed by atoms with van der Waals surface area (Å²) in [6, 6.07) is 3.93. The number of nitrogens with one attached hydrogen (secondary N) is 1. The van der Waals surface area contributed by atoms with Crippen LogP contribution in [-0.4, -0.2) is 35.2 Å². The number of amides is 1. The third-order valence-electron chi connectivity index (χ3n) is 3.94. The zero-order valence-electron chi connectivity index (χ0n) is 13.0. The van der Waals surface area contributed by atoms with Crippen molar-refractivity contribution in [3.63, 3.8) is 0 Å². The molecule has 2 heterocycles.